The first-order valence-electron chi connectivity index (χ1n) is 9.99. The third-order valence-electron chi connectivity index (χ3n) is 4.68. The first-order valence-corrected chi connectivity index (χ1v) is 11.7. The molecule has 0 saturated carbocycles. The fourth-order valence-corrected chi connectivity index (χ4v) is 4.27. The number of carbonyl (C=O) groups excluding carboxylic acids is 4. The van der Waals surface area contributed by atoms with Crippen molar-refractivity contribution in [1.82, 2.24) is 19.8 Å². The number of rotatable bonds is 8. The van der Waals surface area contributed by atoms with Crippen LogP contribution in [-0.2, 0) is 41.5 Å². The van der Waals surface area contributed by atoms with Crippen molar-refractivity contribution in [3.05, 3.63) is 32.2 Å². The Morgan fingerprint density at radius 1 is 0.781 bits per heavy atom. The van der Waals surface area contributed by atoms with Gasteiger partial charge in [0.05, 0.1) is 34.2 Å². The topological polar surface area (TPSA) is 119 Å². The van der Waals surface area contributed by atoms with Crippen LogP contribution in [0.1, 0.15) is 21.4 Å². The molecule has 3 rings (SSSR count). The highest BCUT2D eigenvalue weighted by atomic mass is 32.1. The van der Waals surface area contributed by atoms with Crippen LogP contribution in [0.4, 0.5) is 0 Å². The lowest BCUT2D eigenvalue weighted by Gasteiger charge is -2.34. The molecular weight excluding hydrogens is 456 g/mol. The van der Waals surface area contributed by atoms with E-state index in [1.165, 1.54) is 22.7 Å². The molecule has 12 heteroatoms. The molecule has 1 saturated heterocycles. The van der Waals surface area contributed by atoms with Crippen molar-refractivity contribution in [2.75, 3.05) is 39.4 Å². The molecule has 0 aliphatic carbocycles. The minimum absolute atomic E-state index is 0.0285. The van der Waals surface area contributed by atoms with Gasteiger partial charge in [0.25, 0.3) is 11.8 Å². The molecule has 0 radical (unpaired) electrons. The maximum absolute atomic E-state index is 12.3. The van der Waals surface area contributed by atoms with E-state index in [-0.39, 0.29) is 37.9 Å². The molecule has 172 valence electrons. The maximum atomic E-state index is 12.3. The highest BCUT2D eigenvalue weighted by molar-refractivity contribution is 7.09. The molecule has 1 aliphatic rings. The molecule has 3 heterocycles. The number of hydrogen-bond donors (Lipinski definition) is 0. The Kier molecular flexibility index (Phi) is 8.28. The molecule has 0 spiro atoms. The second kappa shape index (κ2) is 11.1. The third-order valence-corrected chi connectivity index (χ3v) is 6.33. The minimum atomic E-state index is -0.507. The van der Waals surface area contributed by atoms with Gasteiger partial charge < -0.3 is 19.3 Å². The lowest BCUT2D eigenvalue weighted by Crippen LogP contribution is -2.52. The van der Waals surface area contributed by atoms with Crippen molar-refractivity contribution in [3.63, 3.8) is 0 Å². The predicted molar refractivity (Wildman–Crippen MR) is 116 cm³/mol. The summed E-state index contributed by atoms with van der Waals surface area (Å²) in [5.74, 6) is -1.64. The molecule has 0 atom stereocenters. The summed E-state index contributed by atoms with van der Waals surface area (Å²) in [7, 11) is 0. The van der Waals surface area contributed by atoms with Crippen LogP contribution < -0.4 is 0 Å². The minimum Gasteiger partial charge on any atom is -0.455 e. The monoisotopic (exact) mass is 480 g/mol. The fourth-order valence-electron chi connectivity index (χ4n) is 3.05. The average molecular weight is 481 g/mol. The van der Waals surface area contributed by atoms with E-state index in [4.69, 9.17) is 9.47 Å². The second-order valence-electron chi connectivity index (χ2n) is 7.15. The van der Waals surface area contributed by atoms with Crippen LogP contribution in [0.15, 0.2) is 10.8 Å². The third kappa shape index (κ3) is 7.09. The van der Waals surface area contributed by atoms with Gasteiger partial charge in [-0.1, -0.05) is 0 Å². The standard InChI is InChI=1S/C20H24N4O6S2/c1-13-21-15(11-31-13)7-19(27)29-9-17(25)23-3-5-24(6-4-23)18(26)10-30-20(28)8-16-12-32-14(2)22-16/h11-12H,3-10H2,1-2H3. The van der Waals surface area contributed by atoms with E-state index >= 15 is 0 Å². The molecule has 0 aromatic carbocycles. The lowest BCUT2D eigenvalue weighted by atomic mass is 10.3. The molecule has 0 unspecified atom stereocenters. The van der Waals surface area contributed by atoms with Gasteiger partial charge in [0.15, 0.2) is 13.2 Å². The van der Waals surface area contributed by atoms with Crippen LogP contribution in [0.25, 0.3) is 0 Å². The summed E-state index contributed by atoms with van der Waals surface area (Å²) in [5, 5.41) is 5.29. The SMILES string of the molecule is Cc1nc(CC(=O)OCC(=O)N2CCN(C(=O)COC(=O)Cc3csc(C)n3)CC2)cs1. The Morgan fingerprint density at radius 3 is 1.47 bits per heavy atom. The number of thiazole rings is 2. The first-order chi connectivity index (χ1) is 15.3. The molecule has 0 bridgehead atoms. The number of amides is 2. The zero-order chi connectivity index (χ0) is 23.1. The van der Waals surface area contributed by atoms with E-state index in [9.17, 15) is 19.2 Å². The largest absolute Gasteiger partial charge is 0.455 e. The van der Waals surface area contributed by atoms with Crippen molar-refractivity contribution in [2.45, 2.75) is 26.7 Å². The molecule has 2 amide bonds. The van der Waals surface area contributed by atoms with Crippen molar-refractivity contribution in [2.24, 2.45) is 0 Å². The van der Waals surface area contributed by atoms with E-state index in [1.807, 2.05) is 13.8 Å². The van der Waals surface area contributed by atoms with E-state index in [0.717, 1.165) is 10.0 Å². The summed E-state index contributed by atoms with van der Waals surface area (Å²) in [6.45, 7) is 4.28. The quantitative estimate of drug-likeness (QED) is 0.508. The Labute approximate surface area is 193 Å². The fraction of sp³-hybridized carbons (Fsp3) is 0.500. The number of carbonyl (C=O) groups is 4. The van der Waals surface area contributed by atoms with E-state index in [0.29, 0.717) is 37.6 Å². The van der Waals surface area contributed by atoms with E-state index < -0.39 is 11.9 Å². The Balaban J connectivity index is 1.32. The molecule has 2 aromatic rings. The average Bonchev–Trinajstić information content (AvgIpc) is 3.37. The van der Waals surface area contributed by atoms with Crippen LogP contribution in [-0.4, -0.2) is 82.9 Å². The van der Waals surface area contributed by atoms with Gasteiger partial charge in [0, 0.05) is 36.9 Å². The summed E-state index contributed by atoms with van der Waals surface area (Å²) in [6, 6.07) is 0. The van der Waals surface area contributed by atoms with E-state index in [2.05, 4.69) is 9.97 Å². The number of piperazine rings is 1. The Hall–Kier alpha value is -2.86. The molecule has 1 fully saturated rings. The first kappa shape index (κ1) is 23.8. The predicted octanol–water partition coefficient (Wildman–Crippen LogP) is 0.759. The van der Waals surface area contributed by atoms with Crippen LogP contribution in [0.2, 0.25) is 0 Å². The number of nitrogens with zero attached hydrogens (tertiary/aromatic N) is 4. The molecule has 2 aromatic heterocycles. The van der Waals surface area contributed by atoms with Crippen LogP contribution in [0.5, 0.6) is 0 Å². The number of esters is 2. The summed E-state index contributed by atoms with van der Waals surface area (Å²) in [5.41, 5.74) is 1.25. The van der Waals surface area contributed by atoms with Gasteiger partial charge in [-0.3, -0.25) is 19.2 Å². The number of hydrogen-bond acceptors (Lipinski definition) is 10. The van der Waals surface area contributed by atoms with Gasteiger partial charge in [-0.25, -0.2) is 9.97 Å². The summed E-state index contributed by atoms with van der Waals surface area (Å²) >= 11 is 2.89. The van der Waals surface area contributed by atoms with Crippen LogP contribution >= 0.6 is 22.7 Å². The lowest BCUT2D eigenvalue weighted by molar-refractivity contribution is -0.155. The normalized spacial score (nSPS) is 13.7. The number of aromatic nitrogens is 2. The van der Waals surface area contributed by atoms with Crippen molar-refractivity contribution in [3.8, 4) is 0 Å². The van der Waals surface area contributed by atoms with Gasteiger partial charge in [-0.2, -0.15) is 0 Å². The maximum Gasteiger partial charge on any atom is 0.312 e. The number of aryl methyl sites for hydroxylation is 2. The van der Waals surface area contributed by atoms with Gasteiger partial charge in [0.1, 0.15) is 0 Å². The summed E-state index contributed by atoms with van der Waals surface area (Å²) in [4.78, 5) is 59.8. The molecular formula is C20H24N4O6S2. The van der Waals surface area contributed by atoms with Gasteiger partial charge >= 0.3 is 11.9 Å². The zero-order valence-corrected chi connectivity index (χ0v) is 19.5. The van der Waals surface area contributed by atoms with Crippen molar-refractivity contribution >= 4 is 46.4 Å². The Morgan fingerprint density at radius 2 is 1.16 bits per heavy atom. The van der Waals surface area contributed by atoms with Gasteiger partial charge in [-0.15, -0.1) is 22.7 Å². The van der Waals surface area contributed by atoms with Gasteiger partial charge in [0.2, 0.25) is 0 Å². The number of ether oxygens (including phenoxy) is 2. The smallest absolute Gasteiger partial charge is 0.312 e. The van der Waals surface area contributed by atoms with Crippen molar-refractivity contribution in [1.29, 1.82) is 0 Å². The second-order valence-corrected chi connectivity index (χ2v) is 9.28. The molecule has 10 nitrogen and oxygen atoms in total. The van der Waals surface area contributed by atoms with Crippen LogP contribution in [0, 0.1) is 13.8 Å². The summed E-state index contributed by atoms with van der Waals surface area (Å²) < 4.78 is 10.1. The van der Waals surface area contributed by atoms with Crippen molar-refractivity contribution < 1.29 is 28.7 Å². The summed E-state index contributed by atoms with van der Waals surface area (Å²) in [6.07, 6.45) is 0.0569. The molecule has 0 N–H and O–H groups in total. The van der Waals surface area contributed by atoms with Crippen LogP contribution in [0.3, 0.4) is 0 Å². The Bertz CT molecular complexity index is 902. The zero-order valence-electron chi connectivity index (χ0n) is 17.9. The highest BCUT2D eigenvalue weighted by Crippen LogP contribution is 2.10. The van der Waals surface area contributed by atoms with E-state index in [1.54, 1.807) is 20.6 Å². The molecule has 1 aliphatic heterocycles. The molecule has 32 heavy (non-hydrogen) atoms. The highest BCUT2D eigenvalue weighted by Gasteiger charge is 2.25. The van der Waals surface area contributed by atoms with Gasteiger partial charge in [-0.05, 0) is 13.8 Å².